The molecule has 2 aliphatic carbocycles. The minimum atomic E-state index is 0.263. The predicted molar refractivity (Wildman–Crippen MR) is 105 cm³/mol. The van der Waals surface area contributed by atoms with E-state index >= 15 is 0 Å². The number of carbonyl (C=O) groups excluding carboxylic acids is 1. The third-order valence-corrected chi connectivity index (χ3v) is 5.70. The van der Waals surface area contributed by atoms with Gasteiger partial charge < -0.3 is 9.64 Å². The summed E-state index contributed by atoms with van der Waals surface area (Å²) in [5, 5.41) is 0. The molecule has 0 bridgehead atoms. The van der Waals surface area contributed by atoms with Crippen molar-refractivity contribution in [3.63, 3.8) is 0 Å². The average molecular weight is 352 g/mol. The summed E-state index contributed by atoms with van der Waals surface area (Å²) in [5.74, 6) is 1.51. The third-order valence-electron chi connectivity index (χ3n) is 5.70. The van der Waals surface area contributed by atoms with Gasteiger partial charge in [0.1, 0.15) is 5.75 Å². The second kappa shape index (κ2) is 7.65. The second-order valence-electron chi connectivity index (χ2n) is 7.68. The van der Waals surface area contributed by atoms with Crippen LogP contribution >= 0.6 is 0 Å². The van der Waals surface area contributed by atoms with Crippen molar-refractivity contribution in [2.45, 2.75) is 51.0 Å². The molecular formula is C22H28N2O2. The molecule has 0 spiro atoms. The fraction of sp³-hybridized carbons (Fsp3) is 0.545. The molecule has 0 aromatic heterocycles. The number of hydrogen-bond acceptors (Lipinski definition) is 3. The topological polar surface area (TPSA) is 41.9 Å². The van der Waals surface area contributed by atoms with Crippen molar-refractivity contribution in [1.82, 2.24) is 4.90 Å². The maximum atomic E-state index is 12.3. The van der Waals surface area contributed by atoms with Crippen LogP contribution < -0.4 is 4.74 Å². The van der Waals surface area contributed by atoms with Crippen molar-refractivity contribution in [3.05, 3.63) is 35.9 Å². The second-order valence-corrected chi connectivity index (χ2v) is 7.68. The molecule has 4 rings (SSSR count). The molecule has 2 fully saturated rings. The minimum absolute atomic E-state index is 0.263. The van der Waals surface area contributed by atoms with E-state index in [0.29, 0.717) is 19.2 Å². The van der Waals surface area contributed by atoms with E-state index in [0.717, 1.165) is 35.4 Å². The van der Waals surface area contributed by atoms with E-state index in [1.54, 1.807) is 0 Å². The molecule has 1 amide bonds. The molecule has 0 saturated heterocycles. The highest BCUT2D eigenvalue weighted by Crippen LogP contribution is 2.32. The zero-order chi connectivity index (χ0) is 17.9. The van der Waals surface area contributed by atoms with Crippen LogP contribution in [0.25, 0.3) is 5.57 Å². The molecular weight excluding hydrogens is 324 g/mol. The van der Waals surface area contributed by atoms with E-state index in [2.05, 4.69) is 35.3 Å². The molecule has 3 aliphatic rings. The lowest BCUT2D eigenvalue weighted by Gasteiger charge is -2.28. The Morgan fingerprint density at radius 3 is 2.46 bits per heavy atom. The van der Waals surface area contributed by atoms with Gasteiger partial charge in [0.05, 0.1) is 18.4 Å². The number of benzene rings is 1. The normalized spacial score (nSPS) is 23.0. The zero-order valence-corrected chi connectivity index (χ0v) is 15.6. The Labute approximate surface area is 155 Å². The minimum Gasteiger partial charge on any atom is -0.490 e. The Bertz CT molecular complexity index is 710. The highest BCUT2D eigenvalue weighted by Gasteiger charge is 2.34. The largest absolute Gasteiger partial charge is 0.490 e. The number of nitrogens with zero attached hydrogens (tertiary/aromatic N) is 2. The van der Waals surface area contributed by atoms with Crippen LogP contribution in [0.3, 0.4) is 0 Å². The van der Waals surface area contributed by atoms with Gasteiger partial charge in [-0.3, -0.25) is 9.79 Å². The van der Waals surface area contributed by atoms with Gasteiger partial charge in [-0.2, -0.15) is 0 Å². The molecule has 1 aromatic rings. The summed E-state index contributed by atoms with van der Waals surface area (Å²) in [4.78, 5) is 18.7. The Morgan fingerprint density at radius 2 is 1.81 bits per heavy atom. The van der Waals surface area contributed by atoms with E-state index in [9.17, 15) is 4.79 Å². The van der Waals surface area contributed by atoms with Crippen LogP contribution in [0.1, 0.15) is 50.5 Å². The molecule has 0 unspecified atom stereocenters. The number of amides is 1. The van der Waals surface area contributed by atoms with Gasteiger partial charge in [-0.1, -0.05) is 24.6 Å². The molecule has 1 aromatic carbocycles. The third kappa shape index (κ3) is 3.84. The van der Waals surface area contributed by atoms with Crippen molar-refractivity contribution in [3.8, 4) is 5.75 Å². The van der Waals surface area contributed by atoms with Crippen LogP contribution in [-0.2, 0) is 4.79 Å². The first-order valence-corrected chi connectivity index (χ1v) is 9.96. The number of rotatable bonds is 4. The molecule has 1 aliphatic heterocycles. The number of carbonyl (C=O) groups is 1. The summed E-state index contributed by atoms with van der Waals surface area (Å²) in [7, 11) is 1.81. The van der Waals surface area contributed by atoms with Crippen molar-refractivity contribution in [1.29, 1.82) is 0 Å². The van der Waals surface area contributed by atoms with E-state index in [1.807, 2.05) is 11.9 Å². The molecule has 1 heterocycles. The van der Waals surface area contributed by atoms with Gasteiger partial charge in [0.25, 0.3) is 0 Å². The van der Waals surface area contributed by atoms with Gasteiger partial charge in [0.15, 0.2) is 0 Å². The van der Waals surface area contributed by atoms with Crippen LogP contribution in [0.5, 0.6) is 5.75 Å². The zero-order valence-electron chi connectivity index (χ0n) is 15.6. The first kappa shape index (κ1) is 17.3. The monoisotopic (exact) mass is 352 g/mol. The standard InChI is InChI=1S/C22H28N2O2/c1-23-21-15-24(22(25)17-7-8-17)14-13-20(21)16-9-11-19(12-10-16)26-18-5-3-2-4-6-18/h9-13,17-18H,2-8,14-15H2,1H3. The first-order valence-electron chi connectivity index (χ1n) is 9.96. The van der Waals surface area contributed by atoms with E-state index in [-0.39, 0.29) is 11.8 Å². The molecule has 4 nitrogen and oxygen atoms in total. The van der Waals surface area contributed by atoms with E-state index in [1.165, 1.54) is 32.1 Å². The van der Waals surface area contributed by atoms with Gasteiger partial charge in [-0.05, 0) is 56.2 Å². The Morgan fingerprint density at radius 1 is 1.08 bits per heavy atom. The fourth-order valence-corrected chi connectivity index (χ4v) is 3.97. The van der Waals surface area contributed by atoms with E-state index < -0.39 is 0 Å². The average Bonchev–Trinajstić information content (AvgIpc) is 3.54. The quantitative estimate of drug-likeness (QED) is 0.818. The fourth-order valence-electron chi connectivity index (χ4n) is 3.97. The van der Waals surface area contributed by atoms with Crippen molar-refractivity contribution >= 4 is 17.2 Å². The Balaban J connectivity index is 1.44. The molecule has 0 N–H and O–H groups in total. The van der Waals surface area contributed by atoms with E-state index in [4.69, 9.17) is 4.74 Å². The van der Waals surface area contributed by atoms with Gasteiger partial charge in [-0.25, -0.2) is 0 Å². The smallest absolute Gasteiger partial charge is 0.226 e. The van der Waals surface area contributed by atoms with Gasteiger partial charge in [-0.15, -0.1) is 0 Å². The van der Waals surface area contributed by atoms with Crippen LogP contribution in [0, 0.1) is 5.92 Å². The van der Waals surface area contributed by atoms with Crippen LogP contribution in [0.4, 0.5) is 0 Å². The maximum Gasteiger partial charge on any atom is 0.226 e. The number of aliphatic imine (C=N–C) groups is 1. The lowest BCUT2D eigenvalue weighted by molar-refractivity contribution is -0.131. The molecule has 0 radical (unpaired) electrons. The van der Waals surface area contributed by atoms with Crippen molar-refractivity contribution < 1.29 is 9.53 Å². The molecule has 26 heavy (non-hydrogen) atoms. The van der Waals surface area contributed by atoms with Gasteiger partial charge in [0.2, 0.25) is 5.91 Å². The lowest BCUT2D eigenvalue weighted by atomic mass is 9.96. The Kier molecular flexibility index (Phi) is 5.09. The Hall–Kier alpha value is -2.10. The summed E-state index contributed by atoms with van der Waals surface area (Å²) >= 11 is 0. The summed E-state index contributed by atoms with van der Waals surface area (Å²) in [5.41, 5.74) is 3.29. The summed E-state index contributed by atoms with van der Waals surface area (Å²) in [6, 6.07) is 8.38. The van der Waals surface area contributed by atoms with Crippen LogP contribution in [0.15, 0.2) is 35.3 Å². The molecule has 0 atom stereocenters. The van der Waals surface area contributed by atoms with Crippen molar-refractivity contribution in [2.24, 2.45) is 10.9 Å². The maximum absolute atomic E-state index is 12.3. The summed E-state index contributed by atoms with van der Waals surface area (Å²) < 4.78 is 6.13. The molecule has 138 valence electrons. The highest BCUT2D eigenvalue weighted by molar-refractivity contribution is 6.26. The SMILES string of the molecule is CN=C1CN(C(=O)C2CC2)CC=C1c1ccc(OC2CCCCC2)cc1. The molecule has 2 saturated carbocycles. The van der Waals surface area contributed by atoms with Gasteiger partial charge >= 0.3 is 0 Å². The lowest BCUT2D eigenvalue weighted by Crippen LogP contribution is -2.40. The summed E-state index contributed by atoms with van der Waals surface area (Å²) in [6.45, 7) is 1.31. The van der Waals surface area contributed by atoms with Crippen LogP contribution in [0.2, 0.25) is 0 Å². The van der Waals surface area contributed by atoms with Crippen LogP contribution in [-0.4, -0.2) is 42.8 Å². The molecule has 4 heteroatoms. The van der Waals surface area contributed by atoms with Gasteiger partial charge in [0, 0.05) is 25.1 Å². The highest BCUT2D eigenvalue weighted by atomic mass is 16.5. The first-order chi connectivity index (χ1) is 12.7. The number of hydrogen-bond donors (Lipinski definition) is 0. The predicted octanol–water partition coefficient (Wildman–Crippen LogP) is 4.10. The number of ether oxygens (including phenoxy) is 1. The van der Waals surface area contributed by atoms with Crippen molar-refractivity contribution in [2.75, 3.05) is 20.1 Å². The summed E-state index contributed by atoms with van der Waals surface area (Å²) in [6.07, 6.45) is 10.9.